The monoisotopic (exact) mass is 364 g/mol. The first-order valence-corrected chi connectivity index (χ1v) is 9.35. The molecule has 3 aromatic rings. The van der Waals surface area contributed by atoms with Gasteiger partial charge in [-0.1, -0.05) is 6.07 Å². The zero-order valence-corrected chi connectivity index (χ0v) is 15.7. The van der Waals surface area contributed by atoms with Crippen LogP contribution in [0.5, 0.6) is 0 Å². The van der Waals surface area contributed by atoms with E-state index >= 15 is 0 Å². The minimum Gasteiger partial charge on any atom is -0.347 e. The lowest BCUT2D eigenvalue weighted by Gasteiger charge is -2.32. The van der Waals surface area contributed by atoms with Crippen molar-refractivity contribution in [2.24, 2.45) is 0 Å². The minimum atomic E-state index is -0.121. The first kappa shape index (κ1) is 17.6. The maximum Gasteiger partial charge on any atom is 0.270 e. The lowest BCUT2D eigenvalue weighted by molar-refractivity contribution is 0.0895. The second-order valence-corrected chi connectivity index (χ2v) is 7.21. The Kier molecular flexibility index (Phi) is 4.85. The molecule has 1 N–H and O–H groups in total. The average Bonchev–Trinajstić information content (AvgIpc) is 3.04. The highest BCUT2D eigenvalue weighted by Crippen LogP contribution is 2.14. The molecule has 0 spiro atoms. The third-order valence-electron chi connectivity index (χ3n) is 4.91. The first-order valence-electron chi connectivity index (χ1n) is 9.35. The number of nitrogens with one attached hydrogen (secondary N) is 1. The Balaban J connectivity index is 1.43. The number of rotatable bonds is 4. The molecule has 0 radical (unpaired) electrons. The van der Waals surface area contributed by atoms with Crippen molar-refractivity contribution in [3.05, 3.63) is 59.3 Å². The molecular formula is C20H24N6O. The Bertz CT molecular complexity index is 952. The fourth-order valence-electron chi connectivity index (χ4n) is 3.65. The molecule has 4 heterocycles. The minimum absolute atomic E-state index is 0.121. The summed E-state index contributed by atoms with van der Waals surface area (Å²) in [5.41, 5.74) is 4.00. The van der Waals surface area contributed by atoms with Crippen LogP contribution in [0.1, 0.15) is 40.4 Å². The van der Waals surface area contributed by atoms with Crippen molar-refractivity contribution in [3.63, 3.8) is 0 Å². The van der Waals surface area contributed by atoms with Gasteiger partial charge in [0.25, 0.3) is 5.91 Å². The number of likely N-dealkylation sites (tertiary alicyclic amines) is 1. The second kappa shape index (κ2) is 7.44. The second-order valence-electron chi connectivity index (χ2n) is 7.21. The summed E-state index contributed by atoms with van der Waals surface area (Å²) in [6.45, 7) is 6.53. The molecule has 0 bridgehead atoms. The maximum absolute atomic E-state index is 12.7. The van der Waals surface area contributed by atoms with Gasteiger partial charge in [-0.3, -0.25) is 14.7 Å². The van der Waals surface area contributed by atoms with Crippen molar-refractivity contribution in [3.8, 4) is 0 Å². The van der Waals surface area contributed by atoms with Gasteiger partial charge in [-0.25, -0.2) is 9.50 Å². The van der Waals surface area contributed by atoms with Gasteiger partial charge in [-0.2, -0.15) is 5.10 Å². The number of amides is 1. The molecule has 27 heavy (non-hydrogen) atoms. The lowest BCUT2D eigenvalue weighted by atomic mass is 10.1. The van der Waals surface area contributed by atoms with Crippen LogP contribution in [0.2, 0.25) is 0 Å². The van der Waals surface area contributed by atoms with Crippen LogP contribution in [0.4, 0.5) is 0 Å². The van der Waals surface area contributed by atoms with Gasteiger partial charge in [0.1, 0.15) is 5.69 Å². The van der Waals surface area contributed by atoms with Crippen LogP contribution in [0.3, 0.4) is 0 Å². The predicted molar refractivity (Wildman–Crippen MR) is 102 cm³/mol. The van der Waals surface area contributed by atoms with Gasteiger partial charge in [-0.15, -0.1) is 0 Å². The van der Waals surface area contributed by atoms with Crippen molar-refractivity contribution in [1.29, 1.82) is 0 Å². The molecule has 1 atom stereocenters. The number of carbonyl (C=O) groups is 1. The fourth-order valence-corrected chi connectivity index (χ4v) is 3.65. The summed E-state index contributed by atoms with van der Waals surface area (Å²) >= 11 is 0. The summed E-state index contributed by atoms with van der Waals surface area (Å²) < 4.78 is 1.77. The molecule has 0 saturated carbocycles. The molecule has 0 unspecified atom stereocenters. The topological polar surface area (TPSA) is 75.4 Å². The molecule has 3 aromatic heterocycles. The quantitative estimate of drug-likeness (QED) is 0.768. The van der Waals surface area contributed by atoms with E-state index in [1.165, 1.54) is 0 Å². The van der Waals surface area contributed by atoms with E-state index in [0.717, 1.165) is 49.6 Å². The highest BCUT2D eigenvalue weighted by molar-refractivity contribution is 5.93. The smallest absolute Gasteiger partial charge is 0.270 e. The Hall–Kier alpha value is -2.80. The van der Waals surface area contributed by atoms with Gasteiger partial charge in [0.15, 0.2) is 5.65 Å². The third kappa shape index (κ3) is 3.98. The highest BCUT2D eigenvalue weighted by atomic mass is 16.2. The van der Waals surface area contributed by atoms with E-state index in [0.29, 0.717) is 11.3 Å². The largest absolute Gasteiger partial charge is 0.347 e. The number of fused-ring (bicyclic) bond motifs is 1. The van der Waals surface area contributed by atoms with Crippen molar-refractivity contribution < 1.29 is 4.79 Å². The number of carbonyl (C=O) groups excluding carboxylic acids is 1. The molecule has 4 rings (SSSR count). The van der Waals surface area contributed by atoms with Crippen LogP contribution >= 0.6 is 0 Å². The molecule has 140 valence electrons. The molecule has 1 aliphatic heterocycles. The van der Waals surface area contributed by atoms with Crippen molar-refractivity contribution >= 4 is 11.6 Å². The lowest BCUT2D eigenvalue weighted by Crippen LogP contribution is -2.47. The Morgan fingerprint density at radius 2 is 2.19 bits per heavy atom. The summed E-state index contributed by atoms with van der Waals surface area (Å²) in [4.78, 5) is 24.0. The number of piperidine rings is 1. The van der Waals surface area contributed by atoms with E-state index in [1.54, 1.807) is 10.6 Å². The first-order chi connectivity index (χ1) is 13.1. The Morgan fingerprint density at radius 1 is 1.30 bits per heavy atom. The molecule has 0 aromatic carbocycles. The van der Waals surface area contributed by atoms with Crippen molar-refractivity contribution in [2.75, 3.05) is 13.1 Å². The van der Waals surface area contributed by atoms with Gasteiger partial charge in [-0.05, 0) is 51.4 Å². The molecule has 1 amide bonds. The number of pyridine rings is 1. The van der Waals surface area contributed by atoms with E-state index in [9.17, 15) is 4.79 Å². The predicted octanol–water partition coefficient (Wildman–Crippen LogP) is 2.14. The highest BCUT2D eigenvalue weighted by Gasteiger charge is 2.23. The van der Waals surface area contributed by atoms with E-state index in [4.69, 9.17) is 0 Å². The van der Waals surface area contributed by atoms with Crippen LogP contribution in [0.25, 0.3) is 5.65 Å². The molecular weight excluding hydrogens is 340 g/mol. The standard InChI is InChI=1S/C20H24N6O/c1-14-10-19-23-18(11-15(2)26(19)24-14)20(27)22-17-7-5-9-25(13-17)12-16-6-3-4-8-21-16/h3-4,6,8,10-11,17H,5,7,9,12-13H2,1-2H3,(H,22,27)/t17-/m0/s1. The summed E-state index contributed by atoms with van der Waals surface area (Å²) in [6.07, 6.45) is 3.86. The molecule has 0 aliphatic carbocycles. The summed E-state index contributed by atoms with van der Waals surface area (Å²) in [7, 11) is 0. The maximum atomic E-state index is 12.7. The van der Waals surface area contributed by atoms with Gasteiger partial charge < -0.3 is 5.32 Å². The number of aromatic nitrogens is 4. The third-order valence-corrected chi connectivity index (χ3v) is 4.91. The van der Waals surface area contributed by atoms with Crippen LogP contribution in [-0.2, 0) is 6.54 Å². The summed E-state index contributed by atoms with van der Waals surface area (Å²) in [6, 6.07) is 9.78. The zero-order chi connectivity index (χ0) is 18.8. The van der Waals surface area contributed by atoms with Gasteiger partial charge in [0, 0.05) is 37.1 Å². The van der Waals surface area contributed by atoms with E-state index < -0.39 is 0 Å². The Labute approximate surface area is 158 Å². The number of hydrogen-bond donors (Lipinski definition) is 1. The zero-order valence-electron chi connectivity index (χ0n) is 15.7. The van der Waals surface area contributed by atoms with Gasteiger partial charge in [0.2, 0.25) is 0 Å². The van der Waals surface area contributed by atoms with Crippen molar-refractivity contribution in [1.82, 2.24) is 29.8 Å². The number of hydrogen-bond acceptors (Lipinski definition) is 5. The van der Waals surface area contributed by atoms with Crippen LogP contribution < -0.4 is 5.32 Å². The van der Waals surface area contributed by atoms with Crippen LogP contribution in [0.15, 0.2) is 36.5 Å². The molecule has 7 nitrogen and oxygen atoms in total. The van der Waals surface area contributed by atoms with Gasteiger partial charge >= 0.3 is 0 Å². The Morgan fingerprint density at radius 3 is 3.00 bits per heavy atom. The summed E-state index contributed by atoms with van der Waals surface area (Å²) in [5, 5.41) is 7.54. The molecule has 1 aliphatic rings. The van der Waals surface area contributed by atoms with E-state index in [2.05, 4.69) is 25.3 Å². The normalized spacial score (nSPS) is 17.9. The van der Waals surface area contributed by atoms with Gasteiger partial charge in [0.05, 0.1) is 11.4 Å². The van der Waals surface area contributed by atoms with Crippen LogP contribution in [0, 0.1) is 13.8 Å². The molecule has 1 saturated heterocycles. The fraction of sp³-hybridized carbons (Fsp3) is 0.400. The molecule has 7 heteroatoms. The van der Waals surface area contributed by atoms with E-state index in [1.807, 2.05) is 44.3 Å². The summed E-state index contributed by atoms with van der Waals surface area (Å²) in [5.74, 6) is -0.121. The van der Waals surface area contributed by atoms with Crippen LogP contribution in [-0.4, -0.2) is 49.5 Å². The average molecular weight is 364 g/mol. The van der Waals surface area contributed by atoms with Crippen molar-refractivity contribution in [2.45, 2.75) is 39.3 Å². The number of aryl methyl sites for hydroxylation is 2. The molecule has 1 fully saturated rings. The SMILES string of the molecule is Cc1cc2nc(C(=O)N[C@H]3CCCN(Cc4ccccn4)C3)cc(C)n2n1. The van der Waals surface area contributed by atoms with E-state index in [-0.39, 0.29) is 11.9 Å². The number of nitrogens with zero attached hydrogens (tertiary/aromatic N) is 5.